The lowest BCUT2D eigenvalue weighted by atomic mass is 10.2. The van der Waals surface area contributed by atoms with Crippen LogP contribution < -0.4 is 4.74 Å². The topological polar surface area (TPSA) is 92.0 Å². The molecule has 0 bridgehead atoms. The maximum Gasteiger partial charge on any atom is 0.446 e. The van der Waals surface area contributed by atoms with E-state index in [0.29, 0.717) is 29.8 Å². The summed E-state index contributed by atoms with van der Waals surface area (Å²) in [5, 5.41) is 7.67. The Morgan fingerprint density at radius 3 is 2.43 bits per heavy atom. The predicted molar refractivity (Wildman–Crippen MR) is 129 cm³/mol. The largest absolute Gasteiger partial charge is 0.487 e. The summed E-state index contributed by atoms with van der Waals surface area (Å²) in [6.07, 6.45) is 9.76. The quantitative estimate of drug-likeness (QED) is 0.206. The van der Waals surface area contributed by atoms with Gasteiger partial charge in [0.2, 0.25) is 11.8 Å². The fourth-order valence-corrected chi connectivity index (χ4v) is 3.80. The Bertz CT molecular complexity index is 1460. The van der Waals surface area contributed by atoms with E-state index in [9.17, 15) is 13.2 Å². The van der Waals surface area contributed by atoms with Gasteiger partial charge in [-0.1, -0.05) is 17.3 Å². The van der Waals surface area contributed by atoms with Gasteiger partial charge in [-0.05, 0) is 59.8 Å². The number of hydrogen-bond donors (Lipinski definition) is 0. The van der Waals surface area contributed by atoms with Gasteiger partial charge in [0.05, 0.1) is 12.7 Å². The lowest BCUT2D eigenvalue weighted by Crippen LogP contribution is -2.00. The maximum atomic E-state index is 12.4. The van der Waals surface area contributed by atoms with E-state index in [4.69, 9.17) is 13.6 Å². The summed E-state index contributed by atoms with van der Waals surface area (Å²) in [5.41, 5.74) is -1.47. The lowest BCUT2D eigenvalue weighted by Gasteiger charge is -2.05. The average molecular weight is 526 g/mol. The van der Waals surface area contributed by atoms with E-state index in [0.717, 1.165) is 16.8 Å². The molecule has 188 valence electrons. The first-order valence-electron chi connectivity index (χ1n) is 10.9. The van der Waals surface area contributed by atoms with E-state index in [1.54, 1.807) is 59.8 Å². The normalized spacial score (nSPS) is 11.9. The molecule has 0 saturated carbocycles. The smallest absolute Gasteiger partial charge is 0.446 e. The Hall–Kier alpha value is -4.32. The van der Waals surface area contributed by atoms with Gasteiger partial charge in [0.25, 0.3) is 0 Å². The van der Waals surface area contributed by atoms with E-state index in [-0.39, 0.29) is 23.3 Å². The van der Waals surface area contributed by atoms with Crippen LogP contribution >= 0.6 is 11.8 Å². The zero-order valence-corrected chi connectivity index (χ0v) is 19.8. The molecule has 37 heavy (non-hydrogen) atoms. The molecule has 0 amide bonds. The van der Waals surface area contributed by atoms with Crippen LogP contribution in [-0.2, 0) is 13.2 Å². The molecule has 5 rings (SSSR count). The molecule has 3 aromatic heterocycles. The van der Waals surface area contributed by atoms with Crippen LogP contribution in [0, 0.1) is 0 Å². The van der Waals surface area contributed by atoms with Crippen molar-refractivity contribution in [2.45, 2.75) is 23.6 Å². The number of ether oxygens (including phenoxy) is 1. The number of alkyl halides is 3. The van der Waals surface area contributed by atoms with E-state index < -0.39 is 5.51 Å². The van der Waals surface area contributed by atoms with Crippen LogP contribution in [0.15, 0.2) is 87.2 Å². The third-order valence-corrected chi connectivity index (χ3v) is 5.68. The van der Waals surface area contributed by atoms with E-state index in [2.05, 4.69) is 20.3 Å². The maximum absolute atomic E-state index is 12.4. The summed E-state index contributed by atoms with van der Waals surface area (Å²) in [5.74, 6) is 1.48. The first kappa shape index (κ1) is 24.4. The van der Waals surface area contributed by atoms with Gasteiger partial charge in [-0.15, -0.1) is 5.10 Å². The Balaban J connectivity index is 1.13. The Morgan fingerprint density at radius 2 is 1.70 bits per heavy atom. The van der Waals surface area contributed by atoms with Crippen LogP contribution in [0.25, 0.3) is 23.6 Å². The van der Waals surface area contributed by atoms with Crippen LogP contribution in [0.3, 0.4) is 0 Å². The van der Waals surface area contributed by atoms with E-state index >= 15 is 0 Å². The summed E-state index contributed by atoms with van der Waals surface area (Å²) in [6, 6.07) is 13.3. The van der Waals surface area contributed by atoms with Crippen LogP contribution in [-0.4, -0.2) is 30.5 Å². The van der Waals surface area contributed by atoms with Gasteiger partial charge in [-0.3, -0.25) is 0 Å². The Kier molecular flexibility index (Phi) is 7.08. The average Bonchev–Trinajstić information content (AvgIpc) is 3.65. The summed E-state index contributed by atoms with van der Waals surface area (Å²) in [7, 11) is 0. The van der Waals surface area contributed by atoms with E-state index in [1.165, 1.54) is 18.4 Å². The molecule has 8 nitrogen and oxygen atoms in total. The highest BCUT2D eigenvalue weighted by Gasteiger charge is 2.28. The zero-order chi connectivity index (χ0) is 25.7. The molecule has 0 saturated heterocycles. The number of rotatable bonds is 9. The summed E-state index contributed by atoms with van der Waals surface area (Å²) < 4.78 is 55.7. The second-order valence-electron chi connectivity index (χ2n) is 7.68. The van der Waals surface area contributed by atoms with Crippen molar-refractivity contribution in [2.75, 3.05) is 0 Å². The zero-order valence-electron chi connectivity index (χ0n) is 19.0. The molecule has 0 atom stereocenters. The number of oxazole rings is 2. The fraction of sp³-hybridized carbons (Fsp3) is 0.120. The van der Waals surface area contributed by atoms with Gasteiger partial charge >= 0.3 is 5.51 Å². The van der Waals surface area contributed by atoms with Crippen LogP contribution in [0.4, 0.5) is 13.2 Å². The fourth-order valence-electron chi connectivity index (χ4n) is 3.26. The number of nitrogens with zero attached hydrogens (tertiary/aromatic N) is 5. The molecule has 0 spiro atoms. The highest BCUT2D eigenvalue weighted by Crippen LogP contribution is 2.36. The van der Waals surface area contributed by atoms with Crippen LogP contribution in [0.2, 0.25) is 0 Å². The minimum atomic E-state index is -4.31. The molecular formula is C25H18F3N5O3S. The van der Waals surface area contributed by atoms with Crippen molar-refractivity contribution < 1.29 is 26.7 Å². The number of thioether (sulfide) groups is 1. The van der Waals surface area contributed by atoms with Gasteiger partial charge in [0.15, 0.2) is 0 Å². The van der Waals surface area contributed by atoms with E-state index in [1.807, 2.05) is 12.1 Å². The second-order valence-corrected chi connectivity index (χ2v) is 8.82. The predicted octanol–water partition coefficient (Wildman–Crippen LogP) is 6.33. The summed E-state index contributed by atoms with van der Waals surface area (Å²) in [4.78, 5) is 8.93. The standard InChI is InChI=1S/C25H18F3N5O3S/c26-25(27,28)37-22-8-1-17(2-9-22)3-10-23-30-20(16-35-23)15-34-21-6-4-18(5-7-21)24-31-19(14-36-24)13-33-12-11-29-32-33/h1-12,14,16H,13,15H2. The third kappa shape index (κ3) is 6.88. The molecule has 12 heteroatoms. The van der Waals surface area contributed by atoms with Crippen molar-refractivity contribution in [1.29, 1.82) is 0 Å². The molecule has 0 aliphatic rings. The molecule has 0 aliphatic carbocycles. The highest BCUT2D eigenvalue weighted by atomic mass is 32.2. The van der Waals surface area contributed by atoms with Crippen LogP contribution in [0.5, 0.6) is 5.75 Å². The van der Waals surface area contributed by atoms with Gasteiger partial charge in [-0.2, -0.15) is 13.2 Å². The summed E-state index contributed by atoms with van der Waals surface area (Å²) in [6.45, 7) is 0.661. The monoisotopic (exact) mass is 525 g/mol. The SMILES string of the molecule is FC(F)(F)Sc1ccc(C=Cc2nc(COc3ccc(-c4nc(Cn5ccnn5)co4)cc3)co2)cc1. The molecule has 5 aromatic rings. The molecule has 0 aliphatic heterocycles. The Labute approximate surface area is 212 Å². The van der Waals surface area contributed by atoms with Gasteiger partial charge in [-0.25, -0.2) is 14.6 Å². The minimum absolute atomic E-state index is 0.126. The number of halogens is 3. The molecule has 0 unspecified atom stereocenters. The molecule has 0 fully saturated rings. The minimum Gasteiger partial charge on any atom is -0.487 e. The number of benzene rings is 2. The van der Waals surface area contributed by atoms with Crippen LogP contribution in [0.1, 0.15) is 22.8 Å². The second kappa shape index (κ2) is 10.7. The van der Waals surface area contributed by atoms with Crippen molar-refractivity contribution in [3.63, 3.8) is 0 Å². The highest BCUT2D eigenvalue weighted by molar-refractivity contribution is 8.00. The van der Waals surface area contributed by atoms with Crippen molar-refractivity contribution in [3.05, 3.63) is 96.3 Å². The van der Waals surface area contributed by atoms with Crippen molar-refractivity contribution in [2.24, 2.45) is 0 Å². The van der Waals surface area contributed by atoms with Gasteiger partial charge < -0.3 is 13.6 Å². The first-order valence-corrected chi connectivity index (χ1v) is 11.7. The Morgan fingerprint density at radius 1 is 0.919 bits per heavy atom. The third-order valence-electron chi connectivity index (χ3n) is 4.94. The summed E-state index contributed by atoms with van der Waals surface area (Å²) >= 11 is -0.150. The van der Waals surface area contributed by atoms with Gasteiger partial charge in [0.1, 0.15) is 36.3 Å². The number of aromatic nitrogens is 5. The molecule has 3 heterocycles. The molecule has 2 aromatic carbocycles. The van der Waals surface area contributed by atoms with Gasteiger partial charge in [0, 0.05) is 22.7 Å². The molecular weight excluding hydrogens is 507 g/mol. The van der Waals surface area contributed by atoms with Crippen molar-refractivity contribution >= 4 is 23.9 Å². The van der Waals surface area contributed by atoms with Crippen molar-refractivity contribution in [3.8, 4) is 17.2 Å². The molecule has 0 N–H and O–H groups in total. The first-order chi connectivity index (χ1) is 17.9. The molecule has 0 radical (unpaired) electrons. The van der Waals surface area contributed by atoms with Crippen molar-refractivity contribution in [1.82, 2.24) is 25.0 Å². The lowest BCUT2D eigenvalue weighted by molar-refractivity contribution is -0.0328. The number of hydrogen-bond acceptors (Lipinski definition) is 8.